The Morgan fingerprint density at radius 1 is 1.30 bits per heavy atom. The monoisotopic (exact) mass is 297 g/mol. The predicted molar refractivity (Wildman–Crippen MR) is 80.9 cm³/mol. The van der Waals surface area contributed by atoms with Gasteiger partial charge in [-0.05, 0) is 23.6 Å². The second kappa shape index (κ2) is 6.24. The third kappa shape index (κ3) is 3.95. The van der Waals surface area contributed by atoms with E-state index in [0.29, 0.717) is 16.3 Å². The van der Waals surface area contributed by atoms with Crippen LogP contribution in [0.15, 0.2) is 18.2 Å². The van der Waals surface area contributed by atoms with Crippen LogP contribution < -0.4 is 16.4 Å². The van der Waals surface area contributed by atoms with E-state index in [1.165, 1.54) is 13.1 Å². The number of anilines is 1. The minimum Gasteiger partial charge on any atom is -0.355 e. The van der Waals surface area contributed by atoms with Gasteiger partial charge in [0.15, 0.2) is 0 Å². The number of amides is 2. The van der Waals surface area contributed by atoms with Crippen molar-refractivity contribution >= 4 is 29.1 Å². The van der Waals surface area contributed by atoms with Gasteiger partial charge in [-0.15, -0.1) is 0 Å². The fourth-order valence-corrected chi connectivity index (χ4v) is 1.68. The lowest BCUT2D eigenvalue weighted by molar-refractivity contribution is -0.119. The number of carbonyl (C=O) groups excluding carboxylic acids is 2. The van der Waals surface area contributed by atoms with Gasteiger partial charge in [0.1, 0.15) is 0 Å². The van der Waals surface area contributed by atoms with Crippen LogP contribution in [0.1, 0.15) is 31.1 Å². The van der Waals surface area contributed by atoms with E-state index in [9.17, 15) is 9.59 Å². The summed E-state index contributed by atoms with van der Waals surface area (Å²) >= 11 is 6.02. The van der Waals surface area contributed by atoms with Gasteiger partial charge >= 0.3 is 0 Å². The summed E-state index contributed by atoms with van der Waals surface area (Å²) in [5, 5.41) is 5.52. The number of hydrogen-bond donors (Lipinski definition) is 3. The fraction of sp³-hybridized carbons (Fsp3) is 0.429. The highest BCUT2D eigenvalue weighted by atomic mass is 35.5. The first-order valence-electron chi connectivity index (χ1n) is 6.25. The van der Waals surface area contributed by atoms with Crippen molar-refractivity contribution in [1.82, 2.24) is 5.32 Å². The van der Waals surface area contributed by atoms with E-state index in [0.717, 1.165) is 0 Å². The van der Waals surface area contributed by atoms with Crippen molar-refractivity contribution in [2.45, 2.75) is 26.8 Å². The second-order valence-electron chi connectivity index (χ2n) is 5.61. The quantitative estimate of drug-likeness (QED) is 0.798. The van der Waals surface area contributed by atoms with Gasteiger partial charge in [-0.1, -0.05) is 32.4 Å². The average Bonchev–Trinajstić information content (AvgIpc) is 2.38. The van der Waals surface area contributed by atoms with E-state index in [-0.39, 0.29) is 17.2 Å². The van der Waals surface area contributed by atoms with Crippen LogP contribution >= 0.6 is 11.6 Å². The predicted octanol–water partition coefficient (Wildman–Crippen LogP) is 2.01. The summed E-state index contributed by atoms with van der Waals surface area (Å²) in [7, 11) is 1.53. The van der Waals surface area contributed by atoms with E-state index < -0.39 is 6.04 Å². The molecule has 1 rings (SSSR count). The summed E-state index contributed by atoms with van der Waals surface area (Å²) in [6.07, 6.45) is 0. The number of halogens is 1. The Morgan fingerprint density at radius 3 is 2.40 bits per heavy atom. The summed E-state index contributed by atoms with van der Waals surface area (Å²) in [5.74, 6) is -0.592. The van der Waals surface area contributed by atoms with Crippen LogP contribution in [0.4, 0.5) is 5.69 Å². The number of carbonyl (C=O) groups is 2. The van der Waals surface area contributed by atoms with Crippen LogP contribution in [0.5, 0.6) is 0 Å². The van der Waals surface area contributed by atoms with Crippen LogP contribution in [-0.2, 0) is 4.79 Å². The molecule has 0 bridgehead atoms. The standard InChI is InChI=1S/C14H20ClN3O2/c1-14(2,3)11(16)13(20)18-10-7-8(12(19)17-4)5-6-9(10)15/h5-7,11H,16H2,1-4H3,(H,17,19)(H,18,20)/t11-/m0/s1. The second-order valence-corrected chi connectivity index (χ2v) is 6.01. The molecule has 0 fully saturated rings. The van der Waals surface area contributed by atoms with Crippen molar-refractivity contribution in [2.24, 2.45) is 11.1 Å². The van der Waals surface area contributed by atoms with Crippen LogP contribution in [0.2, 0.25) is 5.02 Å². The maximum atomic E-state index is 12.1. The van der Waals surface area contributed by atoms with Gasteiger partial charge in [-0.3, -0.25) is 9.59 Å². The van der Waals surface area contributed by atoms with Gasteiger partial charge in [-0.25, -0.2) is 0 Å². The zero-order valence-electron chi connectivity index (χ0n) is 12.1. The van der Waals surface area contributed by atoms with Crippen LogP contribution in [0.3, 0.4) is 0 Å². The van der Waals surface area contributed by atoms with Crippen molar-refractivity contribution in [1.29, 1.82) is 0 Å². The molecule has 0 heterocycles. The molecule has 4 N–H and O–H groups in total. The highest BCUT2D eigenvalue weighted by molar-refractivity contribution is 6.34. The molecular weight excluding hydrogens is 278 g/mol. The molecule has 0 spiro atoms. The molecule has 5 nitrogen and oxygen atoms in total. The molecule has 0 aromatic heterocycles. The van der Waals surface area contributed by atoms with Crippen molar-refractivity contribution in [3.63, 3.8) is 0 Å². The van der Waals surface area contributed by atoms with E-state index in [2.05, 4.69) is 10.6 Å². The Balaban J connectivity index is 2.97. The molecular formula is C14H20ClN3O2. The third-order valence-corrected chi connectivity index (χ3v) is 3.26. The zero-order chi connectivity index (χ0) is 15.5. The lowest BCUT2D eigenvalue weighted by Crippen LogP contribution is -2.45. The Morgan fingerprint density at radius 2 is 1.90 bits per heavy atom. The van der Waals surface area contributed by atoms with Gasteiger partial charge < -0.3 is 16.4 Å². The minimum absolute atomic E-state index is 0.253. The molecule has 0 saturated carbocycles. The highest BCUT2D eigenvalue weighted by Crippen LogP contribution is 2.25. The van der Waals surface area contributed by atoms with Gasteiger partial charge in [0.2, 0.25) is 5.91 Å². The fourth-order valence-electron chi connectivity index (χ4n) is 1.51. The zero-order valence-corrected chi connectivity index (χ0v) is 12.8. The molecule has 0 radical (unpaired) electrons. The minimum atomic E-state index is -0.678. The molecule has 110 valence electrons. The molecule has 1 atom stereocenters. The molecule has 6 heteroatoms. The molecule has 0 aliphatic carbocycles. The topological polar surface area (TPSA) is 84.2 Å². The Hall–Kier alpha value is -1.59. The maximum Gasteiger partial charge on any atom is 0.251 e. The van der Waals surface area contributed by atoms with Gasteiger partial charge in [0.25, 0.3) is 5.91 Å². The lowest BCUT2D eigenvalue weighted by atomic mass is 9.87. The SMILES string of the molecule is CNC(=O)c1ccc(Cl)c(NC(=O)[C@H](N)C(C)(C)C)c1. The largest absolute Gasteiger partial charge is 0.355 e. The molecule has 0 saturated heterocycles. The average molecular weight is 298 g/mol. The van der Waals surface area contributed by atoms with E-state index >= 15 is 0 Å². The Labute approximate surface area is 123 Å². The summed E-state index contributed by atoms with van der Waals surface area (Å²) in [6, 6.07) is 3.99. The molecule has 0 aliphatic rings. The van der Waals surface area contributed by atoms with E-state index in [4.69, 9.17) is 17.3 Å². The number of hydrogen-bond acceptors (Lipinski definition) is 3. The van der Waals surface area contributed by atoms with Crippen LogP contribution in [0, 0.1) is 5.41 Å². The molecule has 1 aromatic rings. The Bertz CT molecular complexity index is 524. The third-order valence-electron chi connectivity index (χ3n) is 2.93. The van der Waals surface area contributed by atoms with Gasteiger partial charge in [0, 0.05) is 12.6 Å². The van der Waals surface area contributed by atoms with Crippen molar-refractivity contribution in [2.75, 3.05) is 12.4 Å². The first kappa shape index (κ1) is 16.5. The summed E-state index contributed by atoms with van der Waals surface area (Å²) < 4.78 is 0. The van der Waals surface area contributed by atoms with Crippen LogP contribution in [0.25, 0.3) is 0 Å². The van der Waals surface area contributed by atoms with Gasteiger partial charge in [0.05, 0.1) is 16.8 Å². The summed E-state index contributed by atoms with van der Waals surface area (Å²) in [5.41, 5.74) is 6.30. The van der Waals surface area contributed by atoms with E-state index in [1.54, 1.807) is 12.1 Å². The maximum absolute atomic E-state index is 12.1. The van der Waals surface area contributed by atoms with Gasteiger partial charge in [-0.2, -0.15) is 0 Å². The lowest BCUT2D eigenvalue weighted by Gasteiger charge is -2.26. The number of benzene rings is 1. The summed E-state index contributed by atoms with van der Waals surface area (Å²) in [4.78, 5) is 23.6. The smallest absolute Gasteiger partial charge is 0.251 e. The molecule has 0 unspecified atom stereocenters. The first-order chi connectivity index (χ1) is 9.16. The molecule has 2 amide bonds. The first-order valence-corrected chi connectivity index (χ1v) is 6.62. The number of nitrogens with two attached hydrogens (primary N) is 1. The number of rotatable bonds is 3. The van der Waals surface area contributed by atoms with E-state index in [1.807, 2.05) is 20.8 Å². The Kier molecular flexibility index (Phi) is 5.14. The number of nitrogens with one attached hydrogen (secondary N) is 2. The normalized spacial score (nSPS) is 12.7. The molecule has 0 aliphatic heterocycles. The molecule has 1 aromatic carbocycles. The van der Waals surface area contributed by atoms with Crippen molar-refractivity contribution in [3.05, 3.63) is 28.8 Å². The van der Waals surface area contributed by atoms with Crippen LogP contribution in [-0.4, -0.2) is 24.9 Å². The van der Waals surface area contributed by atoms with Crippen molar-refractivity contribution in [3.8, 4) is 0 Å². The highest BCUT2D eigenvalue weighted by Gasteiger charge is 2.27. The summed E-state index contributed by atoms with van der Waals surface area (Å²) in [6.45, 7) is 5.62. The molecule has 20 heavy (non-hydrogen) atoms. The van der Waals surface area contributed by atoms with Crippen molar-refractivity contribution < 1.29 is 9.59 Å².